The number of cyclic esters (lactones) is 1. The number of hydrogen-bond donors (Lipinski definition) is 1. The van der Waals surface area contributed by atoms with Gasteiger partial charge in [-0.2, -0.15) is 5.26 Å². The smallest absolute Gasteiger partial charge is 0.414 e. The minimum absolute atomic E-state index is 0.169. The number of para-hydroxylation sites is 1. The van der Waals surface area contributed by atoms with Gasteiger partial charge in [-0.25, -0.2) is 9.78 Å². The number of nitrogens with one attached hydrogen (secondary N) is 1. The number of anilines is 1. The Morgan fingerprint density at radius 1 is 1.18 bits per heavy atom. The van der Waals surface area contributed by atoms with E-state index < -0.39 is 12.2 Å². The number of ether oxygens (including phenoxy) is 3. The molecule has 0 unspecified atom stereocenters. The van der Waals surface area contributed by atoms with Gasteiger partial charge in [0.15, 0.2) is 11.5 Å². The molecule has 2 aromatic carbocycles. The van der Waals surface area contributed by atoms with Crippen molar-refractivity contribution in [1.82, 2.24) is 10.3 Å². The molecule has 9 nitrogen and oxygen atoms in total. The van der Waals surface area contributed by atoms with E-state index in [1.807, 2.05) is 30.3 Å². The molecule has 0 spiro atoms. The summed E-state index contributed by atoms with van der Waals surface area (Å²) >= 11 is 0. The van der Waals surface area contributed by atoms with Crippen LogP contribution in [0.3, 0.4) is 0 Å². The molecule has 0 saturated carbocycles. The lowest BCUT2D eigenvalue weighted by molar-refractivity contribution is -0.116. The Kier molecular flexibility index (Phi) is 5.70. The lowest BCUT2D eigenvalue weighted by Crippen LogP contribution is -2.33. The number of aromatic nitrogens is 1. The second kappa shape index (κ2) is 9.11. The summed E-state index contributed by atoms with van der Waals surface area (Å²) in [5.41, 5.74) is 2.32. The summed E-state index contributed by atoms with van der Waals surface area (Å²) in [5, 5.41) is 12.7. The van der Waals surface area contributed by atoms with Crippen molar-refractivity contribution >= 4 is 34.7 Å². The quantitative estimate of drug-likeness (QED) is 0.587. The molecule has 0 radical (unpaired) electrons. The summed E-state index contributed by atoms with van der Waals surface area (Å²) in [6, 6.07) is 16.4. The van der Waals surface area contributed by atoms with Crippen molar-refractivity contribution in [3.05, 3.63) is 65.9 Å². The summed E-state index contributed by atoms with van der Waals surface area (Å²) in [7, 11) is 0. The first-order valence-electron chi connectivity index (χ1n) is 10.7. The fourth-order valence-corrected chi connectivity index (χ4v) is 3.84. The van der Waals surface area contributed by atoms with Crippen LogP contribution in [0.2, 0.25) is 0 Å². The van der Waals surface area contributed by atoms with Crippen LogP contribution in [0.25, 0.3) is 17.0 Å². The van der Waals surface area contributed by atoms with E-state index in [-0.39, 0.29) is 12.5 Å². The summed E-state index contributed by atoms with van der Waals surface area (Å²) in [5.74, 6) is 0.897. The van der Waals surface area contributed by atoms with Gasteiger partial charge in [-0.15, -0.1) is 0 Å². The Bertz CT molecular complexity index is 1350. The van der Waals surface area contributed by atoms with Crippen molar-refractivity contribution in [3.63, 3.8) is 0 Å². The van der Waals surface area contributed by atoms with Crippen LogP contribution >= 0.6 is 0 Å². The van der Waals surface area contributed by atoms with E-state index in [0.717, 1.165) is 10.9 Å². The molecular formula is C25H20N4O5. The standard InChI is InChI=1S/C25H20N4O5/c26-13-18-6-4-16-2-1-3-17(24(16)28-18)5-9-23(30)27-14-20-15-29(25(31)34-20)19-7-8-21-22(12-19)33-11-10-32-21/h1-9,12,20H,10-11,14-15H2,(H,27,30)/b9-5+/t20-/m1/s1. The topological polar surface area (TPSA) is 114 Å². The number of carbonyl (C=O) groups excluding carboxylic acids is 2. The van der Waals surface area contributed by atoms with Crippen molar-refractivity contribution in [3.8, 4) is 17.6 Å². The van der Waals surface area contributed by atoms with Crippen LogP contribution in [0.4, 0.5) is 10.5 Å². The minimum Gasteiger partial charge on any atom is -0.486 e. The maximum absolute atomic E-state index is 12.4. The van der Waals surface area contributed by atoms with Crippen molar-refractivity contribution < 1.29 is 23.8 Å². The molecule has 170 valence electrons. The number of nitriles is 1. The molecule has 0 aliphatic carbocycles. The van der Waals surface area contributed by atoms with Gasteiger partial charge in [-0.3, -0.25) is 9.69 Å². The van der Waals surface area contributed by atoms with E-state index in [2.05, 4.69) is 10.3 Å². The summed E-state index contributed by atoms with van der Waals surface area (Å²) in [6.45, 7) is 1.42. The zero-order valence-electron chi connectivity index (χ0n) is 18.1. The van der Waals surface area contributed by atoms with Crippen molar-refractivity contribution in [1.29, 1.82) is 5.26 Å². The Labute approximate surface area is 195 Å². The molecule has 2 aliphatic heterocycles. The fraction of sp³-hybridized carbons (Fsp3) is 0.200. The third-order valence-electron chi connectivity index (χ3n) is 5.50. The molecule has 0 bridgehead atoms. The highest BCUT2D eigenvalue weighted by Gasteiger charge is 2.33. The molecule has 1 atom stereocenters. The molecule has 3 aromatic rings. The summed E-state index contributed by atoms with van der Waals surface area (Å²) < 4.78 is 16.5. The zero-order chi connectivity index (χ0) is 23.5. The molecule has 2 aliphatic rings. The fourth-order valence-electron chi connectivity index (χ4n) is 3.84. The molecule has 2 amide bonds. The Balaban J connectivity index is 1.20. The first-order chi connectivity index (χ1) is 16.6. The lowest BCUT2D eigenvalue weighted by Gasteiger charge is -2.21. The summed E-state index contributed by atoms with van der Waals surface area (Å²) in [4.78, 5) is 30.6. The number of benzene rings is 2. The molecule has 3 heterocycles. The molecule has 34 heavy (non-hydrogen) atoms. The predicted octanol–water partition coefficient (Wildman–Crippen LogP) is 3.03. The van der Waals surface area contributed by atoms with E-state index in [4.69, 9.17) is 19.5 Å². The van der Waals surface area contributed by atoms with Crippen molar-refractivity contribution in [2.45, 2.75) is 6.10 Å². The number of pyridine rings is 1. The van der Waals surface area contributed by atoms with Crippen LogP contribution in [-0.4, -0.2) is 49.4 Å². The van der Waals surface area contributed by atoms with Gasteiger partial charge < -0.3 is 19.5 Å². The van der Waals surface area contributed by atoms with E-state index in [1.54, 1.807) is 30.3 Å². The highest BCUT2D eigenvalue weighted by atomic mass is 16.6. The van der Waals surface area contributed by atoms with Gasteiger partial charge in [-0.1, -0.05) is 18.2 Å². The second-order valence-electron chi connectivity index (χ2n) is 7.75. The Morgan fingerprint density at radius 3 is 2.88 bits per heavy atom. The third-order valence-corrected chi connectivity index (χ3v) is 5.50. The SMILES string of the molecule is N#Cc1ccc2cccc(/C=C/C(=O)NC[C@@H]3CN(c4ccc5c(c4)OCCO5)C(=O)O3)c2n1. The van der Waals surface area contributed by atoms with Gasteiger partial charge >= 0.3 is 6.09 Å². The van der Waals surface area contributed by atoms with Crippen molar-refractivity contribution in [2.75, 3.05) is 31.2 Å². The first-order valence-corrected chi connectivity index (χ1v) is 10.7. The maximum Gasteiger partial charge on any atom is 0.414 e. The zero-order valence-corrected chi connectivity index (χ0v) is 18.1. The van der Waals surface area contributed by atoms with Crippen LogP contribution < -0.4 is 19.7 Å². The van der Waals surface area contributed by atoms with Gasteiger partial charge in [0, 0.05) is 23.1 Å². The summed E-state index contributed by atoms with van der Waals surface area (Å²) in [6.07, 6.45) is 2.07. The van der Waals surface area contributed by atoms with Crippen LogP contribution in [0.15, 0.2) is 54.6 Å². The largest absolute Gasteiger partial charge is 0.486 e. The Hall–Kier alpha value is -4.58. The van der Waals surface area contributed by atoms with Crippen LogP contribution in [-0.2, 0) is 9.53 Å². The second-order valence-corrected chi connectivity index (χ2v) is 7.75. The van der Waals surface area contributed by atoms with E-state index in [9.17, 15) is 9.59 Å². The molecule has 1 saturated heterocycles. The lowest BCUT2D eigenvalue weighted by atomic mass is 10.1. The maximum atomic E-state index is 12.4. The number of hydrogen-bond acceptors (Lipinski definition) is 7. The molecule has 5 rings (SSSR count). The van der Waals surface area contributed by atoms with Gasteiger partial charge in [0.1, 0.15) is 31.1 Å². The number of nitrogens with zero attached hydrogens (tertiary/aromatic N) is 3. The predicted molar refractivity (Wildman–Crippen MR) is 124 cm³/mol. The molecule has 1 aromatic heterocycles. The van der Waals surface area contributed by atoms with Crippen LogP contribution in [0.5, 0.6) is 11.5 Å². The van der Waals surface area contributed by atoms with Crippen LogP contribution in [0.1, 0.15) is 11.3 Å². The highest BCUT2D eigenvalue weighted by molar-refractivity contribution is 5.95. The molecular weight excluding hydrogens is 436 g/mol. The average molecular weight is 456 g/mol. The number of amides is 2. The van der Waals surface area contributed by atoms with Gasteiger partial charge in [0.2, 0.25) is 5.91 Å². The number of fused-ring (bicyclic) bond motifs is 2. The highest BCUT2D eigenvalue weighted by Crippen LogP contribution is 2.35. The monoisotopic (exact) mass is 456 g/mol. The van der Waals surface area contributed by atoms with Crippen molar-refractivity contribution in [2.24, 2.45) is 0 Å². The van der Waals surface area contributed by atoms with Gasteiger partial charge in [0.25, 0.3) is 0 Å². The van der Waals surface area contributed by atoms with E-state index >= 15 is 0 Å². The minimum atomic E-state index is -0.490. The number of carbonyl (C=O) groups is 2. The van der Waals surface area contributed by atoms with E-state index in [1.165, 1.54) is 11.0 Å². The van der Waals surface area contributed by atoms with Gasteiger partial charge in [-0.05, 0) is 30.3 Å². The van der Waals surface area contributed by atoms with Gasteiger partial charge in [0.05, 0.1) is 24.3 Å². The normalized spacial score (nSPS) is 17.0. The molecule has 1 N–H and O–H groups in total. The first kappa shape index (κ1) is 21.3. The average Bonchev–Trinajstić information content (AvgIpc) is 3.25. The Morgan fingerprint density at radius 2 is 2.03 bits per heavy atom. The van der Waals surface area contributed by atoms with E-state index in [0.29, 0.717) is 48.2 Å². The molecule has 9 heteroatoms. The molecule has 1 fully saturated rings. The number of rotatable bonds is 5. The van der Waals surface area contributed by atoms with Crippen LogP contribution in [0, 0.1) is 11.3 Å². The third kappa shape index (κ3) is 4.34.